The number of carbonyl (C=O) groups excluding carboxylic acids is 2. The smallest absolute Gasteiger partial charge is 0.407 e. The van der Waals surface area contributed by atoms with Gasteiger partial charge in [0.25, 0.3) is 0 Å². The molecule has 34 heavy (non-hydrogen) atoms. The zero-order chi connectivity index (χ0) is 24.1. The first-order chi connectivity index (χ1) is 16.4. The van der Waals surface area contributed by atoms with Crippen molar-refractivity contribution < 1.29 is 24.2 Å². The van der Waals surface area contributed by atoms with Gasteiger partial charge in [-0.15, -0.1) is 10.2 Å². The van der Waals surface area contributed by atoms with Crippen molar-refractivity contribution in [2.45, 2.75) is 31.3 Å². The second-order valence-corrected chi connectivity index (χ2v) is 8.03. The van der Waals surface area contributed by atoms with Crippen LogP contribution in [-0.2, 0) is 27.9 Å². The van der Waals surface area contributed by atoms with Crippen LogP contribution in [0, 0.1) is 0 Å². The van der Waals surface area contributed by atoms with E-state index in [0.717, 1.165) is 22.3 Å². The topological polar surface area (TPSA) is 135 Å². The highest BCUT2D eigenvalue weighted by molar-refractivity contribution is 5.86. The number of aliphatic carboxylic acids is 1. The Balaban J connectivity index is 1.39. The molecule has 10 nitrogen and oxygen atoms in total. The van der Waals surface area contributed by atoms with Gasteiger partial charge in [-0.2, -0.15) is 0 Å². The van der Waals surface area contributed by atoms with Crippen LogP contribution in [0.3, 0.4) is 0 Å². The second kappa shape index (κ2) is 10.2. The van der Waals surface area contributed by atoms with Gasteiger partial charge in [0.1, 0.15) is 19.0 Å². The van der Waals surface area contributed by atoms with Crippen LogP contribution in [0.2, 0.25) is 0 Å². The molecule has 1 atom stereocenters. The van der Waals surface area contributed by atoms with E-state index < -0.39 is 24.0 Å². The molecule has 2 aromatic carbocycles. The fourth-order valence-corrected chi connectivity index (χ4v) is 4.08. The van der Waals surface area contributed by atoms with Crippen LogP contribution in [0.4, 0.5) is 4.79 Å². The molecular weight excluding hydrogens is 438 g/mol. The Hall–Kier alpha value is -4.21. The average molecular weight is 463 g/mol. The Labute approximate surface area is 196 Å². The number of fused-ring (bicyclic) bond motifs is 3. The van der Waals surface area contributed by atoms with Crippen molar-refractivity contribution >= 4 is 18.0 Å². The highest BCUT2D eigenvalue weighted by Crippen LogP contribution is 2.44. The van der Waals surface area contributed by atoms with Gasteiger partial charge in [-0.05, 0) is 28.7 Å². The molecule has 1 aliphatic rings. The number of carboxylic acids is 1. The van der Waals surface area contributed by atoms with Gasteiger partial charge in [0.05, 0.1) is 6.54 Å². The van der Waals surface area contributed by atoms with Crippen molar-refractivity contribution in [3.63, 3.8) is 0 Å². The van der Waals surface area contributed by atoms with Gasteiger partial charge in [0, 0.05) is 19.4 Å². The summed E-state index contributed by atoms with van der Waals surface area (Å²) in [5, 5.41) is 21.8. The number of nitrogens with zero attached hydrogens (tertiary/aromatic N) is 3. The van der Waals surface area contributed by atoms with Gasteiger partial charge in [-0.25, -0.2) is 4.79 Å². The van der Waals surface area contributed by atoms with Gasteiger partial charge >= 0.3 is 12.1 Å². The fraction of sp³-hybridized carbons (Fsp3) is 0.292. The number of nitrogens with one attached hydrogen (secondary N) is 2. The van der Waals surface area contributed by atoms with Crippen LogP contribution in [-0.4, -0.2) is 50.5 Å². The first-order valence-electron chi connectivity index (χ1n) is 10.9. The summed E-state index contributed by atoms with van der Waals surface area (Å²) in [6.07, 6.45) is 0.347. The zero-order valence-electron chi connectivity index (χ0n) is 18.6. The standard InChI is InChI=1S/C24H25N5O5/c1-29-14-26-28-21(29)12-25-23(32)20(10-11-22(30)31)27-24(33)34-13-19-17-8-4-2-6-15(17)16-7-3-5-9-18(16)19/h2-9,14,19-20H,10-13H2,1H3,(H,25,32)(H,27,33)(H,30,31). The summed E-state index contributed by atoms with van der Waals surface area (Å²) >= 11 is 0. The SMILES string of the molecule is Cn1cnnc1CNC(=O)C(CCC(=O)O)NC(=O)OCC1c2ccccc2-c2ccccc21. The summed E-state index contributed by atoms with van der Waals surface area (Å²) in [6.45, 7) is 0.178. The van der Waals surface area contributed by atoms with Gasteiger partial charge in [-0.1, -0.05) is 48.5 Å². The molecule has 1 heterocycles. The summed E-state index contributed by atoms with van der Waals surface area (Å²) in [4.78, 5) is 36.3. The number of rotatable bonds is 9. The van der Waals surface area contributed by atoms with Crippen molar-refractivity contribution in [3.05, 3.63) is 71.8 Å². The summed E-state index contributed by atoms with van der Waals surface area (Å²) in [6, 6.07) is 14.9. The number of alkyl carbamates (subject to hydrolysis) is 1. The van der Waals surface area contributed by atoms with Crippen LogP contribution < -0.4 is 10.6 Å². The van der Waals surface area contributed by atoms with Crippen molar-refractivity contribution in [1.82, 2.24) is 25.4 Å². The first-order valence-corrected chi connectivity index (χ1v) is 10.9. The molecule has 2 amide bonds. The van der Waals surface area contributed by atoms with Crippen LogP contribution in [0.5, 0.6) is 0 Å². The van der Waals surface area contributed by atoms with E-state index in [2.05, 4.69) is 20.8 Å². The van der Waals surface area contributed by atoms with Crippen molar-refractivity contribution in [2.24, 2.45) is 7.05 Å². The Kier molecular flexibility index (Phi) is 6.86. The molecule has 1 aromatic heterocycles. The minimum atomic E-state index is -1.07. The van der Waals surface area contributed by atoms with Gasteiger partial charge in [-0.3, -0.25) is 9.59 Å². The number of benzene rings is 2. The predicted molar refractivity (Wildman–Crippen MR) is 122 cm³/mol. The second-order valence-electron chi connectivity index (χ2n) is 8.03. The monoisotopic (exact) mass is 463 g/mol. The molecule has 0 saturated carbocycles. The van der Waals surface area contributed by atoms with Crippen LogP contribution >= 0.6 is 0 Å². The molecular formula is C24H25N5O5. The number of aryl methyl sites for hydroxylation is 1. The minimum Gasteiger partial charge on any atom is -0.481 e. The maximum atomic E-state index is 12.7. The minimum absolute atomic E-state index is 0.0792. The molecule has 0 aliphatic heterocycles. The molecule has 0 fully saturated rings. The summed E-state index contributed by atoms with van der Waals surface area (Å²) in [7, 11) is 1.73. The van der Waals surface area contributed by atoms with E-state index in [0.29, 0.717) is 5.82 Å². The molecule has 0 radical (unpaired) electrons. The van der Waals surface area contributed by atoms with Crippen LogP contribution in [0.1, 0.15) is 35.7 Å². The number of aromatic nitrogens is 3. The molecule has 176 valence electrons. The number of ether oxygens (including phenoxy) is 1. The lowest BCUT2D eigenvalue weighted by molar-refractivity contribution is -0.137. The van der Waals surface area contributed by atoms with E-state index in [1.165, 1.54) is 6.33 Å². The molecule has 0 spiro atoms. The Morgan fingerprint density at radius 3 is 2.32 bits per heavy atom. The molecule has 1 unspecified atom stereocenters. The summed E-state index contributed by atoms with van der Waals surface area (Å²) in [5.74, 6) is -1.20. The Bertz CT molecular complexity index is 1160. The predicted octanol–water partition coefficient (Wildman–Crippen LogP) is 2.20. The average Bonchev–Trinajstić information content (AvgIpc) is 3.39. The molecule has 3 aromatic rings. The van der Waals surface area contributed by atoms with E-state index in [9.17, 15) is 14.4 Å². The molecule has 10 heteroatoms. The van der Waals surface area contributed by atoms with Crippen molar-refractivity contribution in [3.8, 4) is 11.1 Å². The van der Waals surface area contributed by atoms with E-state index in [-0.39, 0.29) is 31.9 Å². The van der Waals surface area contributed by atoms with Crippen LogP contribution in [0.25, 0.3) is 11.1 Å². The molecule has 0 bridgehead atoms. The van der Waals surface area contributed by atoms with Gasteiger partial charge < -0.3 is 25.0 Å². The molecule has 4 rings (SSSR count). The molecule has 1 aliphatic carbocycles. The third-order valence-corrected chi connectivity index (χ3v) is 5.83. The number of amides is 2. The zero-order valence-corrected chi connectivity index (χ0v) is 18.6. The maximum absolute atomic E-state index is 12.7. The number of hydrogen-bond acceptors (Lipinski definition) is 6. The third-order valence-electron chi connectivity index (χ3n) is 5.83. The lowest BCUT2D eigenvalue weighted by Gasteiger charge is -2.19. The largest absolute Gasteiger partial charge is 0.481 e. The van der Waals surface area contributed by atoms with E-state index >= 15 is 0 Å². The number of carbonyl (C=O) groups is 3. The number of carboxylic acid groups (broad SMARTS) is 1. The molecule has 3 N–H and O–H groups in total. The first kappa shape index (κ1) is 23.0. The maximum Gasteiger partial charge on any atom is 0.407 e. The highest BCUT2D eigenvalue weighted by Gasteiger charge is 2.30. The van der Waals surface area contributed by atoms with E-state index in [4.69, 9.17) is 9.84 Å². The van der Waals surface area contributed by atoms with Gasteiger partial charge in [0.2, 0.25) is 5.91 Å². The number of hydrogen-bond donors (Lipinski definition) is 3. The fourth-order valence-electron chi connectivity index (χ4n) is 4.08. The quantitative estimate of drug-likeness (QED) is 0.443. The third kappa shape index (κ3) is 5.06. The normalized spacial score (nSPS) is 13.0. The van der Waals surface area contributed by atoms with Crippen LogP contribution in [0.15, 0.2) is 54.9 Å². The van der Waals surface area contributed by atoms with Gasteiger partial charge in [0.15, 0.2) is 5.82 Å². The summed E-state index contributed by atoms with van der Waals surface area (Å²) in [5.41, 5.74) is 4.35. The van der Waals surface area contributed by atoms with E-state index in [1.54, 1.807) is 11.6 Å². The highest BCUT2D eigenvalue weighted by atomic mass is 16.5. The Morgan fingerprint density at radius 2 is 1.74 bits per heavy atom. The van der Waals surface area contributed by atoms with Crippen molar-refractivity contribution in [2.75, 3.05) is 6.61 Å². The Morgan fingerprint density at radius 1 is 1.09 bits per heavy atom. The summed E-state index contributed by atoms with van der Waals surface area (Å²) < 4.78 is 7.14. The molecule has 0 saturated heterocycles. The lowest BCUT2D eigenvalue weighted by Crippen LogP contribution is -2.47. The van der Waals surface area contributed by atoms with E-state index in [1.807, 2.05) is 48.5 Å². The van der Waals surface area contributed by atoms with Crippen molar-refractivity contribution in [1.29, 1.82) is 0 Å². The lowest BCUT2D eigenvalue weighted by atomic mass is 9.98.